The number of hydrogen-bond acceptors (Lipinski definition) is 2. The van der Waals surface area contributed by atoms with Crippen LogP contribution in [0.15, 0.2) is 95.9 Å². The first-order valence-electron chi connectivity index (χ1n) is 8.01. The van der Waals surface area contributed by atoms with Gasteiger partial charge in [-0.05, 0) is 23.3 Å². The first-order valence-corrected chi connectivity index (χ1v) is 8.89. The Morgan fingerprint density at radius 1 is 0.840 bits per heavy atom. The summed E-state index contributed by atoms with van der Waals surface area (Å²) in [5, 5.41) is 9.46. The lowest BCUT2D eigenvalue weighted by molar-refractivity contribution is 0.0693. The molecule has 0 aliphatic rings. The molecule has 3 aromatic carbocycles. The van der Waals surface area contributed by atoms with E-state index in [1.54, 1.807) is 23.9 Å². The molecule has 2 nitrogen and oxygen atoms in total. The molecule has 1 atom stereocenters. The van der Waals surface area contributed by atoms with E-state index < -0.39 is 5.97 Å². The van der Waals surface area contributed by atoms with Gasteiger partial charge < -0.3 is 5.11 Å². The summed E-state index contributed by atoms with van der Waals surface area (Å²) < 4.78 is 0. The summed E-state index contributed by atoms with van der Waals surface area (Å²) in [6.07, 6.45) is 4.20. The Kier molecular flexibility index (Phi) is 5.70. The lowest BCUT2D eigenvalue weighted by Crippen LogP contribution is -1.99. The Labute approximate surface area is 151 Å². The van der Waals surface area contributed by atoms with E-state index in [0.717, 1.165) is 16.0 Å². The van der Waals surface area contributed by atoms with Gasteiger partial charge in [-0.1, -0.05) is 84.9 Å². The third kappa shape index (κ3) is 4.61. The van der Waals surface area contributed by atoms with Crippen LogP contribution < -0.4 is 0 Å². The molecular formula is C22H18O2S. The molecule has 0 spiro atoms. The number of hydrogen-bond donors (Lipinski definition) is 1. The zero-order valence-electron chi connectivity index (χ0n) is 13.6. The van der Waals surface area contributed by atoms with E-state index >= 15 is 0 Å². The van der Waals surface area contributed by atoms with Crippen molar-refractivity contribution in [2.45, 2.75) is 10.1 Å². The number of rotatable bonds is 6. The molecule has 3 rings (SSSR count). The minimum absolute atomic E-state index is 0.0295. The van der Waals surface area contributed by atoms with Gasteiger partial charge in [-0.3, -0.25) is 0 Å². The number of benzene rings is 3. The van der Waals surface area contributed by atoms with Gasteiger partial charge in [0.2, 0.25) is 0 Å². The monoisotopic (exact) mass is 346 g/mol. The van der Waals surface area contributed by atoms with Crippen molar-refractivity contribution in [1.29, 1.82) is 0 Å². The van der Waals surface area contributed by atoms with Crippen LogP contribution in [0.25, 0.3) is 6.08 Å². The third-order valence-corrected chi connectivity index (χ3v) is 5.06. The molecule has 0 amide bonds. The van der Waals surface area contributed by atoms with Crippen molar-refractivity contribution in [3.63, 3.8) is 0 Å². The van der Waals surface area contributed by atoms with Gasteiger partial charge in [-0.2, -0.15) is 0 Å². The predicted molar refractivity (Wildman–Crippen MR) is 104 cm³/mol. The van der Waals surface area contributed by atoms with Crippen LogP contribution in [0.4, 0.5) is 0 Å². The first kappa shape index (κ1) is 17.1. The van der Waals surface area contributed by atoms with Gasteiger partial charge in [0.1, 0.15) is 0 Å². The fourth-order valence-electron chi connectivity index (χ4n) is 2.51. The molecule has 124 valence electrons. The van der Waals surface area contributed by atoms with E-state index in [1.807, 2.05) is 48.5 Å². The second-order valence-corrected chi connectivity index (χ2v) is 6.70. The molecule has 0 saturated heterocycles. The normalized spacial score (nSPS) is 12.2. The highest BCUT2D eigenvalue weighted by atomic mass is 32.2. The molecule has 0 aromatic heterocycles. The van der Waals surface area contributed by atoms with Gasteiger partial charge in [0.05, 0.1) is 10.8 Å². The van der Waals surface area contributed by atoms with E-state index in [4.69, 9.17) is 0 Å². The average molecular weight is 346 g/mol. The standard InChI is InChI=1S/C22H18O2S/c23-22(24)19-13-7-8-14-21(19)25-20(18-11-5-2-6-12-18)16-15-17-9-3-1-4-10-17/h1-16,20H,(H,23,24)/b16-15+. The molecule has 1 N–H and O–H groups in total. The van der Waals surface area contributed by atoms with Crippen LogP contribution in [-0.2, 0) is 0 Å². The molecule has 3 aromatic rings. The highest BCUT2D eigenvalue weighted by molar-refractivity contribution is 7.99. The van der Waals surface area contributed by atoms with Crippen LogP contribution in [0.2, 0.25) is 0 Å². The summed E-state index contributed by atoms with van der Waals surface area (Å²) in [5.41, 5.74) is 2.59. The molecule has 0 radical (unpaired) electrons. The maximum Gasteiger partial charge on any atom is 0.336 e. The first-order chi connectivity index (χ1) is 12.2. The number of carboxylic acid groups (broad SMARTS) is 1. The summed E-state index contributed by atoms with van der Waals surface area (Å²) in [4.78, 5) is 12.3. The van der Waals surface area contributed by atoms with Crippen molar-refractivity contribution in [1.82, 2.24) is 0 Å². The van der Waals surface area contributed by atoms with Crippen LogP contribution in [0.3, 0.4) is 0 Å². The van der Waals surface area contributed by atoms with Gasteiger partial charge in [-0.25, -0.2) is 4.79 Å². The topological polar surface area (TPSA) is 37.3 Å². The van der Waals surface area contributed by atoms with Crippen molar-refractivity contribution in [2.24, 2.45) is 0 Å². The zero-order chi connectivity index (χ0) is 17.5. The number of aromatic carboxylic acids is 1. The van der Waals surface area contributed by atoms with Gasteiger partial charge in [0, 0.05) is 4.90 Å². The fraction of sp³-hybridized carbons (Fsp3) is 0.0455. The lowest BCUT2D eigenvalue weighted by atomic mass is 10.1. The summed E-state index contributed by atoms with van der Waals surface area (Å²) >= 11 is 1.55. The Bertz CT molecular complexity index is 857. The molecule has 0 aliphatic heterocycles. The minimum Gasteiger partial charge on any atom is -0.478 e. The van der Waals surface area contributed by atoms with Crippen LogP contribution >= 0.6 is 11.8 Å². The average Bonchev–Trinajstić information content (AvgIpc) is 2.67. The smallest absolute Gasteiger partial charge is 0.336 e. The van der Waals surface area contributed by atoms with Gasteiger partial charge in [-0.15, -0.1) is 11.8 Å². The van der Waals surface area contributed by atoms with E-state index in [0.29, 0.717) is 5.56 Å². The maximum atomic E-state index is 11.5. The molecular weight excluding hydrogens is 328 g/mol. The van der Waals surface area contributed by atoms with E-state index in [9.17, 15) is 9.90 Å². The Morgan fingerprint density at radius 3 is 2.12 bits per heavy atom. The Hall–Kier alpha value is -2.78. The summed E-state index contributed by atoms with van der Waals surface area (Å²) in [7, 11) is 0. The molecule has 0 bridgehead atoms. The molecule has 0 heterocycles. The quantitative estimate of drug-likeness (QED) is 0.562. The Morgan fingerprint density at radius 2 is 1.44 bits per heavy atom. The molecule has 0 aliphatic carbocycles. The third-order valence-electron chi connectivity index (χ3n) is 3.76. The Balaban J connectivity index is 1.93. The highest BCUT2D eigenvalue weighted by Gasteiger charge is 2.15. The van der Waals surface area contributed by atoms with Gasteiger partial charge >= 0.3 is 5.97 Å². The van der Waals surface area contributed by atoms with Crippen LogP contribution in [-0.4, -0.2) is 11.1 Å². The number of thioether (sulfide) groups is 1. The lowest BCUT2D eigenvalue weighted by Gasteiger charge is -2.15. The van der Waals surface area contributed by atoms with Gasteiger partial charge in [0.15, 0.2) is 0 Å². The van der Waals surface area contributed by atoms with Crippen LogP contribution in [0, 0.1) is 0 Å². The number of carboxylic acids is 1. The van der Waals surface area contributed by atoms with E-state index in [2.05, 4.69) is 36.4 Å². The zero-order valence-corrected chi connectivity index (χ0v) is 14.4. The molecule has 0 saturated carbocycles. The molecule has 3 heteroatoms. The maximum absolute atomic E-state index is 11.5. The SMILES string of the molecule is O=C(O)c1ccccc1SC(/C=C/c1ccccc1)c1ccccc1. The van der Waals surface area contributed by atoms with Crippen molar-refractivity contribution < 1.29 is 9.90 Å². The van der Waals surface area contributed by atoms with E-state index in [-0.39, 0.29) is 5.25 Å². The fourth-order valence-corrected chi connectivity index (χ4v) is 3.67. The number of carbonyl (C=O) groups is 1. The van der Waals surface area contributed by atoms with Crippen LogP contribution in [0.5, 0.6) is 0 Å². The van der Waals surface area contributed by atoms with E-state index in [1.165, 1.54) is 0 Å². The van der Waals surface area contributed by atoms with Crippen LogP contribution in [0.1, 0.15) is 26.7 Å². The van der Waals surface area contributed by atoms with Crippen molar-refractivity contribution in [2.75, 3.05) is 0 Å². The molecule has 1 unspecified atom stereocenters. The second kappa shape index (κ2) is 8.36. The molecule has 25 heavy (non-hydrogen) atoms. The van der Waals surface area contributed by atoms with Crippen molar-refractivity contribution in [3.8, 4) is 0 Å². The summed E-state index contributed by atoms with van der Waals surface area (Å²) in [6, 6.07) is 27.4. The largest absolute Gasteiger partial charge is 0.478 e. The minimum atomic E-state index is -0.901. The summed E-state index contributed by atoms with van der Waals surface area (Å²) in [5.74, 6) is -0.901. The molecule has 0 fully saturated rings. The summed E-state index contributed by atoms with van der Waals surface area (Å²) in [6.45, 7) is 0. The predicted octanol–water partition coefficient (Wildman–Crippen LogP) is 5.93. The van der Waals surface area contributed by atoms with Crippen molar-refractivity contribution >= 4 is 23.8 Å². The second-order valence-electron chi connectivity index (χ2n) is 5.52. The highest BCUT2D eigenvalue weighted by Crippen LogP contribution is 2.38. The van der Waals surface area contributed by atoms with Gasteiger partial charge in [0.25, 0.3) is 0 Å². The van der Waals surface area contributed by atoms with Crippen molar-refractivity contribution in [3.05, 3.63) is 108 Å².